The van der Waals surface area contributed by atoms with Gasteiger partial charge in [-0.05, 0) is 64.5 Å². The SMILES string of the molecule is C[C@@H]1C[C@@H](OC(=O)c2ccc([N+](=O)[O-])cc2)c2ncnc(C3CCCN(C(=O)OC(C)(C)C)CC3)c21. The van der Waals surface area contributed by atoms with Gasteiger partial charge in [-0.25, -0.2) is 19.6 Å². The van der Waals surface area contributed by atoms with E-state index in [2.05, 4.69) is 16.9 Å². The van der Waals surface area contributed by atoms with Gasteiger partial charge >= 0.3 is 12.1 Å². The van der Waals surface area contributed by atoms with Crippen molar-refractivity contribution in [2.75, 3.05) is 13.1 Å². The van der Waals surface area contributed by atoms with Crippen LogP contribution in [0.5, 0.6) is 0 Å². The first kappa shape index (κ1) is 25.5. The molecule has 4 rings (SSSR count). The van der Waals surface area contributed by atoms with Crippen molar-refractivity contribution >= 4 is 17.7 Å². The van der Waals surface area contributed by atoms with E-state index in [4.69, 9.17) is 9.47 Å². The molecular formula is C26H32N4O6. The summed E-state index contributed by atoms with van der Waals surface area (Å²) in [4.78, 5) is 46.6. The van der Waals surface area contributed by atoms with Crippen LogP contribution in [0.15, 0.2) is 30.6 Å². The third-order valence-electron chi connectivity index (χ3n) is 6.64. The van der Waals surface area contributed by atoms with Crippen molar-refractivity contribution in [3.63, 3.8) is 0 Å². The topological polar surface area (TPSA) is 125 Å². The summed E-state index contributed by atoms with van der Waals surface area (Å²) in [6.45, 7) is 8.90. The molecule has 2 aromatic rings. The van der Waals surface area contributed by atoms with E-state index in [0.29, 0.717) is 19.5 Å². The maximum absolute atomic E-state index is 12.7. The van der Waals surface area contributed by atoms with Gasteiger partial charge in [-0.2, -0.15) is 0 Å². The molecule has 1 aliphatic carbocycles. The van der Waals surface area contributed by atoms with Crippen LogP contribution in [0.2, 0.25) is 0 Å². The average molecular weight is 497 g/mol. The van der Waals surface area contributed by atoms with Crippen molar-refractivity contribution in [2.24, 2.45) is 0 Å². The molecule has 0 spiro atoms. The van der Waals surface area contributed by atoms with Crippen molar-refractivity contribution in [3.05, 3.63) is 63.2 Å². The van der Waals surface area contributed by atoms with Gasteiger partial charge < -0.3 is 14.4 Å². The zero-order valence-electron chi connectivity index (χ0n) is 21.1. The predicted molar refractivity (Wildman–Crippen MR) is 131 cm³/mol. The van der Waals surface area contributed by atoms with Crippen LogP contribution in [-0.4, -0.2) is 50.5 Å². The Morgan fingerprint density at radius 2 is 1.78 bits per heavy atom. The lowest BCUT2D eigenvalue weighted by molar-refractivity contribution is -0.384. The summed E-state index contributed by atoms with van der Waals surface area (Å²) >= 11 is 0. The van der Waals surface area contributed by atoms with Crippen LogP contribution in [0.4, 0.5) is 10.5 Å². The number of nitrogens with zero attached hydrogens (tertiary/aromatic N) is 4. The Balaban J connectivity index is 1.48. The molecule has 192 valence electrons. The third-order valence-corrected chi connectivity index (χ3v) is 6.64. The minimum atomic E-state index is -0.544. The lowest BCUT2D eigenvalue weighted by atomic mass is 9.90. The third kappa shape index (κ3) is 5.63. The monoisotopic (exact) mass is 496 g/mol. The highest BCUT2D eigenvalue weighted by molar-refractivity contribution is 5.89. The van der Waals surface area contributed by atoms with Gasteiger partial charge in [-0.15, -0.1) is 0 Å². The van der Waals surface area contributed by atoms with Crippen LogP contribution >= 0.6 is 0 Å². The number of amides is 1. The Kier molecular flexibility index (Phi) is 7.23. The van der Waals surface area contributed by atoms with Crippen molar-refractivity contribution < 1.29 is 24.0 Å². The largest absolute Gasteiger partial charge is 0.452 e. The fraction of sp³-hybridized carbons (Fsp3) is 0.538. The summed E-state index contributed by atoms with van der Waals surface area (Å²) < 4.78 is 11.3. The second-order valence-electron chi connectivity index (χ2n) is 10.5. The number of benzene rings is 1. The van der Waals surface area contributed by atoms with Crippen LogP contribution in [0.25, 0.3) is 0 Å². The molecule has 0 N–H and O–H groups in total. The number of nitro groups is 1. The molecule has 1 fully saturated rings. The number of nitro benzene ring substituents is 1. The molecule has 0 saturated carbocycles. The van der Waals surface area contributed by atoms with Crippen molar-refractivity contribution in [1.82, 2.24) is 14.9 Å². The molecule has 0 radical (unpaired) electrons. The van der Waals surface area contributed by atoms with Crippen LogP contribution in [0.1, 0.15) is 98.6 Å². The Labute approximate surface area is 210 Å². The van der Waals surface area contributed by atoms with Crippen LogP contribution in [0.3, 0.4) is 0 Å². The summed E-state index contributed by atoms with van der Waals surface area (Å²) in [5.74, 6) is -0.269. The molecule has 1 aliphatic heterocycles. The number of aromatic nitrogens is 2. The fourth-order valence-electron chi connectivity index (χ4n) is 4.96. The molecule has 2 aliphatic rings. The minimum Gasteiger partial charge on any atom is -0.452 e. The number of non-ortho nitro benzene ring substituents is 1. The van der Waals surface area contributed by atoms with Gasteiger partial charge in [0.15, 0.2) is 0 Å². The average Bonchev–Trinajstić information content (AvgIpc) is 2.98. The van der Waals surface area contributed by atoms with E-state index in [-0.39, 0.29) is 29.2 Å². The molecule has 1 saturated heterocycles. The summed E-state index contributed by atoms with van der Waals surface area (Å²) in [7, 11) is 0. The van der Waals surface area contributed by atoms with Crippen molar-refractivity contribution in [3.8, 4) is 0 Å². The first-order valence-corrected chi connectivity index (χ1v) is 12.3. The molecule has 1 aromatic heterocycles. The quantitative estimate of drug-likeness (QED) is 0.317. The normalized spacial score (nSPS) is 21.9. The minimum absolute atomic E-state index is 0.0857. The predicted octanol–water partition coefficient (Wildman–Crippen LogP) is 5.29. The number of fused-ring (bicyclic) bond motifs is 1. The summed E-state index contributed by atoms with van der Waals surface area (Å²) in [6, 6.07) is 5.36. The second-order valence-corrected chi connectivity index (χ2v) is 10.5. The maximum Gasteiger partial charge on any atom is 0.410 e. The first-order valence-electron chi connectivity index (χ1n) is 12.3. The Morgan fingerprint density at radius 3 is 2.44 bits per heavy atom. The van der Waals surface area contributed by atoms with E-state index >= 15 is 0 Å². The van der Waals surface area contributed by atoms with Crippen LogP contribution in [0, 0.1) is 10.1 Å². The van der Waals surface area contributed by atoms with Gasteiger partial charge in [0.05, 0.1) is 21.9 Å². The van der Waals surface area contributed by atoms with Gasteiger partial charge in [0.2, 0.25) is 0 Å². The van der Waals surface area contributed by atoms with Gasteiger partial charge in [0.1, 0.15) is 18.0 Å². The highest BCUT2D eigenvalue weighted by Gasteiger charge is 2.37. The smallest absolute Gasteiger partial charge is 0.410 e. The van der Waals surface area contributed by atoms with E-state index < -0.39 is 22.6 Å². The van der Waals surface area contributed by atoms with Crippen molar-refractivity contribution in [2.45, 2.75) is 76.9 Å². The number of carbonyl (C=O) groups is 2. The van der Waals surface area contributed by atoms with E-state index in [9.17, 15) is 19.7 Å². The van der Waals surface area contributed by atoms with Gasteiger partial charge in [-0.1, -0.05) is 6.92 Å². The Morgan fingerprint density at radius 1 is 1.08 bits per heavy atom. The molecule has 1 amide bonds. The summed E-state index contributed by atoms with van der Waals surface area (Å²) in [6.07, 6.45) is 3.82. The van der Waals surface area contributed by atoms with Crippen molar-refractivity contribution in [1.29, 1.82) is 0 Å². The molecular weight excluding hydrogens is 464 g/mol. The van der Waals surface area contributed by atoms with E-state index in [0.717, 1.165) is 36.2 Å². The van der Waals surface area contributed by atoms with Gasteiger partial charge in [-0.3, -0.25) is 10.1 Å². The lowest BCUT2D eigenvalue weighted by Gasteiger charge is -2.26. The highest BCUT2D eigenvalue weighted by Crippen LogP contribution is 2.45. The molecule has 3 atom stereocenters. The molecule has 10 heteroatoms. The van der Waals surface area contributed by atoms with Crippen LogP contribution in [-0.2, 0) is 9.47 Å². The Bertz CT molecular complexity index is 1140. The molecule has 1 aromatic carbocycles. The number of rotatable bonds is 4. The molecule has 0 bridgehead atoms. The zero-order chi connectivity index (χ0) is 26.0. The van der Waals surface area contributed by atoms with E-state index in [1.165, 1.54) is 30.6 Å². The summed E-state index contributed by atoms with van der Waals surface area (Å²) in [5.41, 5.74) is 2.34. The van der Waals surface area contributed by atoms with E-state index in [1.54, 1.807) is 4.90 Å². The number of esters is 1. The molecule has 10 nitrogen and oxygen atoms in total. The highest BCUT2D eigenvalue weighted by atomic mass is 16.6. The first-order chi connectivity index (χ1) is 17.0. The number of likely N-dealkylation sites (tertiary alicyclic amines) is 1. The Hall–Kier alpha value is -3.56. The van der Waals surface area contributed by atoms with Crippen LogP contribution < -0.4 is 0 Å². The van der Waals surface area contributed by atoms with Gasteiger partial charge in [0.25, 0.3) is 5.69 Å². The molecule has 36 heavy (non-hydrogen) atoms. The number of carbonyl (C=O) groups excluding carboxylic acids is 2. The summed E-state index contributed by atoms with van der Waals surface area (Å²) in [5, 5.41) is 10.9. The molecule has 1 unspecified atom stereocenters. The number of ether oxygens (including phenoxy) is 2. The fourth-order valence-corrected chi connectivity index (χ4v) is 4.96. The zero-order valence-corrected chi connectivity index (χ0v) is 21.1. The standard InChI is InChI=1S/C26H32N4O6/c1-16-14-20(35-24(31)18-7-9-19(10-8-18)30(33)34)23-21(16)22(27-15-28-23)17-6-5-12-29(13-11-17)25(32)36-26(2,3)4/h7-10,15-17,20H,5-6,11-14H2,1-4H3/t16-,17?,20-/m1/s1. The second kappa shape index (κ2) is 10.2. The molecule has 2 heterocycles. The maximum atomic E-state index is 12.7. The number of hydrogen-bond acceptors (Lipinski definition) is 8. The number of hydrogen-bond donors (Lipinski definition) is 0. The lowest BCUT2D eigenvalue weighted by Crippen LogP contribution is -2.37. The van der Waals surface area contributed by atoms with E-state index in [1.807, 2.05) is 20.8 Å². The van der Waals surface area contributed by atoms with Gasteiger partial charge in [0, 0.05) is 36.7 Å².